The van der Waals surface area contributed by atoms with Gasteiger partial charge in [0.1, 0.15) is 11.6 Å². The van der Waals surface area contributed by atoms with Crippen LogP contribution in [0.4, 0.5) is 4.39 Å². The SMILES string of the molecule is Cc1ccc(OC(C)C)c([C@H]2CO[C@]3(CC[C@H](CO)[C@H]3c3ccc(F)cc3)C2)c1. The van der Waals surface area contributed by atoms with Gasteiger partial charge in [0, 0.05) is 18.4 Å². The van der Waals surface area contributed by atoms with Crippen LogP contribution >= 0.6 is 0 Å². The summed E-state index contributed by atoms with van der Waals surface area (Å²) in [5, 5.41) is 10.0. The minimum atomic E-state index is -0.311. The third kappa shape index (κ3) is 3.93. The Kier molecular flexibility index (Phi) is 5.67. The van der Waals surface area contributed by atoms with Crippen molar-refractivity contribution in [3.63, 3.8) is 0 Å². The van der Waals surface area contributed by atoms with E-state index in [1.54, 1.807) is 0 Å². The molecule has 0 amide bonds. The summed E-state index contributed by atoms with van der Waals surface area (Å²) < 4.78 is 26.1. The lowest BCUT2D eigenvalue weighted by Gasteiger charge is -2.33. The highest BCUT2D eigenvalue weighted by Crippen LogP contribution is 2.56. The van der Waals surface area contributed by atoms with Crippen LogP contribution in [-0.4, -0.2) is 30.0 Å². The van der Waals surface area contributed by atoms with Gasteiger partial charge in [-0.05, 0) is 75.3 Å². The van der Waals surface area contributed by atoms with Crippen molar-refractivity contribution >= 4 is 0 Å². The van der Waals surface area contributed by atoms with Crippen LogP contribution in [0.15, 0.2) is 42.5 Å². The Balaban J connectivity index is 1.65. The lowest BCUT2D eigenvalue weighted by Crippen LogP contribution is -2.34. The van der Waals surface area contributed by atoms with Crippen molar-refractivity contribution in [1.29, 1.82) is 0 Å². The van der Waals surface area contributed by atoms with Crippen molar-refractivity contribution in [2.75, 3.05) is 13.2 Å². The second kappa shape index (κ2) is 8.08. The molecule has 4 heteroatoms. The highest BCUT2D eigenvalue weighted by atomic mass is 19.1. The Morgan fingerprint density at radius 2 is 1.97 bits per heavy atom. The quantitative estimate of drug-likeness (QED) is 0.738. The van der Waals surface area contributed by atoms with Crippen LogP contribution < -0.4 is 4.74 Å². The van der Waals surface area contributed by atoms with Gasteiger partial charge in [-0.3, -0.25) is 0 Å². The molecule has 1 heterocycles. The van der Waals surface area contributed by atoms with Crippen molar-refractivity contribution < 1.29 is 19.0 Å². The van der Waals surface area contributed by atoms with Gasteiger partial charge in [-0.2, -0.15) is 0 Å². The molecule has 1 spiro atoms. The minimum Gasteiger partial charge on any atom is -0.491 e. The highest BCUT2D eigenvalue weighted by Gasteiger charge is 2.54. The van der Waals surface area contributed by atoms with E-state index >= 15 is 0 Å². The normalized spacial score (nSPS) is 29.1. The fraction of sp³-hybridized carbons (Fsp3) is 0.520. The number of aliphatic hydroxyl groups is 1. The molecule has 0 radical (unpaired) electrons. The predicted molar refractivity (Wildman–Crippen MR) is 112 cm³/mol. The van der Waals surface area contributed by atoms with Gasteiger partial charge in [0.25, 0.3) is 0 Å². The number of aryl methyl sites for hydroxylation is 1. The number of benzene rings is 2. The first-order valence-electron chi connectivity index (χ1n) is 10.7. The van der Waals surface area contributed by atoms with Crippen molar-refractivity contribution in [2.24, 2.45) is 5.92 Å². The number of ether oxygens (including phenoxy) is 2. The number of hydrogen-bond donors (Lipinski definition) is 1. The molecule has 2 aromatic carbocycles. The first-order chi connectivity index (χ1) is 13.9. The van der Waals surface area contributed by atoms with Crippen LogP contribution in [0.2, 0.25) is 0 Å². The van der Waals surface area contributed by atoms with E-state index in [0.717, 1.165) is 30.6 Å². The first kappa shape index (κ1) is 20.4. The van der Waals surface area contributed by atoms with E-state index in [1.165, 1.54) is 23.3 Å². The largest absolute Gasteiger partial charge is 0.491 e. The molecule has 29 heavy (non-hydrogen) atoms. The average Bonchev–Trinajstić information content (AvgIpc) is 3.28. The second-order valence-corrected chi connectivity index (χ2v) is 9.00. The van der Waals surface area contributed by atoms with Crippen LogP contribution in [0.3, 0.4) is 0 Å². The van der Waals surface area contributed by atoms with Crippen LogP contribution in [0, 0.1) is 18.7 Å². The van der Waals surface area contributed by atoms with Crippen molar-refractivity contribution in [1.82, 2.24) is 0 Å². The maximum atomic E-state index is 13.5. The molecule has 1 aliphatic carbocycles. The summed E-state index contributed by atoms with van der Waals surface area (Å²) in [7, 11) is 0. The maximum Gasteiger partial charge on any atom is 0.123 e. The predicted octanol–water partition coefficient (Wildman–Crippen LogP) is 5.35. The third-order valence-corrected chi connectivity index (χ3v) is 6.57. The summed E-state index contributed by atoms with van der Waals surface area (Å²) in [5.41, 5.74) is 3.17. The standard InChI is InChI=1S/C25H31FO3/c1-16(2)29-23-9-4-17(3)12-22(23)20-13-25(28-15-20)11-10-19(14-27)24(25)18-5-7-21(26)8-6-18/h4-9,12,16,19-20,24,27H,10-11,13-15H2,1-3H3/t19-,20-,24-,25-/m1/s1. The molecule has 3 nitrogen and oxygen atoms in total. The van der Waals surface area contributed by atoms with Gasteiger partial charge in [-0.1, -0.05) is 29.8 Å². The summed E-state index contributed by atoms with van der Waals surface area (Å²) >= 11 is 0. The smallest absolute Gasteiger partial charge is 0.123 e. The number of halogens is 1. The molecular weight excluding hydrogens is 367 g/mol. The van der Waals surface area contributed by atoms with E-state index < -0.39 is 0 Å². The zero-order valence-corrected chi connectivity index (χ0v) is 17.5. The Bertz CT molecular complexity index is 848. The van der Waals surface area contributed by atoms with E-state index in [1.807, 2.05) is 26.0 Å². The fourth-order valence-corrected chi connectivity index (χ4v) is 5.36. The summed E-state index contributed by atoms with van der Waals surface area (Å²) in [6.45, 7) is 6.97. The molecule has 0 aromatic heterocycles. The van der Waals surface area contributed by atoms with Gasteiger partial charge in [-0.15, -0.1) is 0 Å². The Morgan fingerprint density at radius 3 is 2.66 bits per heavy atom. The summed E-state index contributed by atoms with van der Waals surface area (Å²) in [4.78, 5) is 0. The van der Waals surface area contributed by atoms with Gasteiger partial charge < -0.3 is 14.6 Å². The van der Waals surface area contributed by atoms with E-state index in [0.29, 0.717) is 6.61 Å². The van der Waals surface area contributed by atoms with Crippen molar-refractivity contribution in [3.05, 3.63) is 65.0 Å². The highest BCUT2D eigenvalue weighted by molar-refractivity contribution is 5.41. The molecule has 2 fully saturated rings. The molecule has 1 saturated heterocycles. The van der Waals surface area contributed by atoms with Gasteiger partial charge in [0.15, 0.2) is 0 Å². The second-order valence-electron chi connectivity index (χ2n) is 9.00. The number of aliphatic hydroxyl groups excluding tert-OH is 1. The van der Waals surface area contributed by atoms with Gasteiger partial charge in [0.2, 0.25) is 0 Å². The summed E-state index contributed by atoms with van der Waals surface area (Å²) in [5.74, 6) is 1.18. The summed E-state index contributed by atoms with van der Waals surface area (Å²) in [6, 6.07) is 13.1. The molecule has 1 N–H and O–H groups in total. The number of hydrogen-bond acceptors (Lipinski definition) is 3. The van der Waals surface area contributed by atoms with Crippen LogP contribution in [0.25, 0.3) is 0 Å². The van der Waals surface area contributed by atoms with E-state index in [4.69, 9.17) is 9.47 Å². The van der Waals surface area contributed by atoms with Crippen molar-refractivity contribution in [2.45, 2.75) is 63.6 Å². The van der Waals surface area contributed by atoms with Gasteiger partial charge >= 0.3 is 0 Å². The Hall–Kier alpha value is -1.91. The molecule has 2 aliphatic rings. The monoisotopic (exact) mass is 398 g/mol. The average molecular weight is 399 g/mol. The molecule has 156 valence electrons. The van der Waals surface area contributed by atoms with Gasteiger partial charge in [0.05, 0.1) is 18.3 Å². The lowest BCUT2D eigenvalue weighted by molar-refractivity contribution is -0.0122. The zero-order chi connectivity index (χ0) is 20.6. The van der Waals surface area contributed by atoms with E-state index in [2.05, 4.69) is 25.1 Å². The lowest BCUT2D eigenvalue weighted by atomic mass is 9.76. The Labute approximate surface area is 172 Å². The fourth-order valence-electron chi connectivity index (χ4n) is 5.36. The minimum absolute atomic E-state index is 0.0809. The van der Waals surface area contributed by atoms with Crippen molar-refractivity contribution in [3.8, 4) is 5.75 Å². The molecule has 4 rings (SSSR count). The molecule has 2 aromatic rings. The first-order valence-corrected chi connectivity index (χ1v) is 10.7. The van der Waals surface area contributed by atoms with Crippen LogP contribution in [0.5, 0.6) is 5.75 Å². The van der Waals surface area contributed by atoms with Crippen LogP contribution in [0.1, 0.15) is 61.6 Å². The molecule has 0 unspecified atom stereocenters. The molecule has 1 saturated carbocycles. The third-order valence-electron chi connectivity index (χ3n) is 6.57. The number of rotatable bonds is 5. The maximum absolute atomic E-state index is 13.5. The molecule has 4 atom stereocenters. The zero-order valence-electron chi connectivity index (χ0n) is 17.5. The summed E-state index contributed by atoms with van der Waals surface area (Å²) in [6.07, 6.45) is 2.85. The van der Waals surface area contributed by atoms with E-state index in [-0.39, 0.29) is 41.9 Å². The van der Waals surface area contributed by atoms with Crippen LogP contribution in [-0.2, 0) is 4.74 Å². The molecule has 0 bridgehead atoms. The van der Waals surface area contributed by atoms with E-state index in [9.17, 15) is 9.50 Å². The molecular formula is C25H31FO3. The molecule has 1 aliphatic heterocycles. The van der Waals surface area contributed by atoms with Gasteiger partial charge in [-0.25, -0.2) is 4.39 Å². The Morgan fingerprint density at radius 1 is 1.21 bits per heavy atom. The topological polar surface area (TPSA) is 38.7 Å².